The normalized spacial score (nSPS) is 11.1. The fraction of sp³-hybridized carbons (Fsp3) is 0.105. The summed E-state index contributed by atoms with van der Waals surface area (Å²) < 4.78 is 6.90. The number of benzene rings is 2. The number of imidazole rings is 1. The van der Waals surface area contributed by atoms with Crippen LogP contribution in [0, 0.1) is 0 Å². The smallest absolute Gasteiger partial charge is 0.338 e. The molecule has 0 saturated heterocycles. The molecule has 0 aliphatic carbocycles. The minimum atomic E-state index is -0.352. The Morgan fingerprint density at radius 2 is 2.08 bits per heavy atom. The van der Waals surface area contributed by atoms with E-state index in [0.29, 0.717) is 28.5 Å². The van der Waals surface area contributed by atoms with E-state index in [9.17, 15) is 4.79 Å². The molecule has 0 spiro atoms. The average Bonchev–Trinajstić information content (AvgIpc) is 3.05. The topological polar surface area (TPSA) is 57.0 Å². The van der Waals surface area contributed by atoms with Crippen molar-refractivity contribution in [1.82, 2.24) is 14.5 Å². The van der Waals surface area contributed by atoms with Gasteiger partial charge in [0, 0.05) is 5.39 Å². The van der Waals surface area contributed by atoms with E-state index in [1.165, 1.54) is 0 Å². The van der Waals surface area contributed by atoms with Gasteiger partial charge in [0.25, 0.3) is 0 Å². The molecule has 0 unspecified atom stereocenters. The van der Waals surface area contributed by atoms with Gasteiger partial charge < -0.3 is 4.74 Å². The molecule has 0 aliphatic heterocycles. The van der Waals surface area contributed by atoms with Crippen LogP contribution in [0.1, 0.15) is 17.3 Å². The average molecular weight is 352 g/mol. The minimum absolute atomic E-state index is 0.340. The van der Waals surface area contributed by atoms with Crippen LogP contribution >= 0.6 is 11.6 Å². The van der Waals surface area contributed by atoms with Crippen LogP contribution in [-0.2, 0) is 4.74 Å². The first-order valence-electron chi connectivity index (χ1n) is 7.87. The number of halogens is 1. The third-order valence-electron chi connectivity index (χ3n) is 3.96. The highest BCUT2D eigenvalue weighted by Crippen LogP contribution is 2.24. The van der Waals surface area contributed by atoms with Crippen LogP contribution in [0.15, 0.2) is 54.9 Å². The summed E-state index contributed by atoms with van der Waals surface area (Å²) in [7, 11) is 0. The number of fused-ring (bicyclic) bond motifs is 2. The Morgan fingerprint density at radius 3 is 2.92 bits per heavy atom. The Kier molecular flexibility index (Phi) is 3.86. The van der Waals surface area contributed by atoms with Crippen LogP contribution in [0.4, 0.5) is 0 Å². The fourth-order valence-corrected chi connectivity index (χ4v) is 3.00. The lowest BCUT2D eigenvalue weighted by Crippen LogP contribution is -2.04. The molecule has 2 heterocycles. The molecular formula is C19H14ClN3O2. The van der Waals surface area contributed by atoms with Crippen LogP contribution in [-0.4, -0.2) is 27.1 Å². The molecule has 0 amide bonds. The molecule has 6 heteroatoms. The monoisotopic (exact) mass is 351 g/mol. The first kappa shape index (κ1) is 15.6. The first-order chi connectivity index (χ1) is 12.2. The third-order valence-corrected chi connectivity index (χ3v) is 4.27. The summed E-state index contributed by atoms with van der Waals surface area (Å²) in [6, 6.07) is 14.9. The predicted octanol–water partition coefficient (Wildman–Crippen LogP) is 4.40. The zero-order valence-corrected chi connectivity index (χ0v) is 14.2. The van der Waals surface area contributed by atoms with E-state index in [0.717, 1.165) is 16.4 Å². The lowest BCUT2D eigenvalue weighted by atomic mass is 10.2. The third kappa shape index (κ3) is 2.72. The Morgan fingerprint density at radius 1 is 1.20 bits per heavy atom. The van der Waals surface area contributed by atoms with Gasteiger partial charge in [-0.15, -0.1) is 0 Å². The van der Waals surface area contributed by atoms with E-state index >= 15 is 0 Å². The highest BCUT2D eigenvalue weighted by Gasteiger charge is 2.12. The molecule has 0 N–H and O–H groups in total. The Labute approximate surface area is 148 Å². The summed E-state index contributed by atoms with van der Waals surface area (Å²) >= 11 is 6.26. The summed E-state index contributed by atoms with van der Waals surface area (Å²) in [5, 5.41) is 1.58. The lowest BCUT2D eigenvalue weighted by Gasteiger charge is -2.07. The van der Waals surface area contributed by atoms with Crippen molar-refractivity contribution >= 4 is 39.5 Å². The summed E-state index contributed by atoms with van der Waals surface area (Å²) in [6.07, 6.45) is 1.69. The number of aromatic nitrogens is 3. The van der Waals surface area contributed by atoms with Crippen molar-refractivity contribution in [3.8, 4) is 5.82 Å². The second kappa shape index (κ2) is 6.18. The van der Waals surface area contributed by atoms with Gasteiger partial charge in [0.2, 0.25) is 0 Å². The molecule has 0 radical (unpaired) electrons. The SMILES string of the molecule is CCOC(=O)c1ccc2c(c1)ncn2-c1ccc2cccc(Cl)c2n1. The van der Waals surface area contributed by atoms with E-state index in [1.807, 2.05) is 41.0 Å². The molecule has 4 rings (SSSR count). The molecule has 0 saturated carbocycles. The van der Waals surface area contributed by atoms with Gasteiger partial charge in [0.1, 0.15) is 12.1 Å². The second-order valence-corrected chi connectivity index (χ2v) is 5.93. The quantitative estimate of drug-likeness (QED) is 0.513. The van der Waals surface area contributed by atoms with Gasteiger partial charge in [0.05, 0.1) is 33.7 Å². The number of esters is 1. The molecule has 0 atom stereocenters. The summed E-state index contributed by atoms with van der Waals surface area (Å²) in [4.78, 5) is 20.9. The molecule has 0 fully saturated rings. The summed E-state index contributed by atoms with van der Waals surface area (Å²) in [6.45, 7) is 2.12. The number of rotatable bonds is 3. The maximum atomic E-state index is 11.9. The highest BCUT2D eigenvalue weighted by molar-refractivity contribution is 6.35. The number of pyridine rings is 1. The van der Waals surface area contributed by atoms with Gasteiger partial charge >= 0.3 is 5.97 Å². The first-order valence-corrected chi connectivity index (χ1v) is 8.25. The molecule has 4 aromatic rings. The van der Waals surface area contributed by atoms with Gasteiger partial charge in [-0.3, -0.25) is 4.57 Å². The van der Waals surface area contributed by atoms with Crippen molar-refractivity contribution < 1.29 is 9.53 Å². The van der Waals surface area contributed by atoms with Crippen LogP contribution in [0.3, 0.4) is 0 Å². The van der Waals surface area contributed by atoms with E-state index in [-0.39, 0.29) is 5.97 Å². The van der Waals surface area contributed by atoms with Crippen molar-refractivity contribution in [3.63, 3.8) is 0 Å². The molecule has 2 aromatic carbocycles. The van der Waals surface area contributed by atoms with Gasteiger partial charge in [-0.2, -0.15) is 0 Å². The number of nitrogens with zero attached hydrogens (tertiary/aromatic N) is 3. The minimum Gasteiger partial charge on any atom is -0.462 e. The number of hydrogen-bond acceptors (Lipinski definition) is 4. The number of carbonyl (C=O) groups excluding carboxylic acids is 1. The largest absolute Gasteiger partial charge is 0.462 e. The van der Waals surface area contributed by atoms with E-state index in [2.05, 4.69) is 9.97 Å². The van der Waals surface area contributed by atoms with Gasteiger partial charge in [0.15, 0.2) is 0 Å². The van der Waals surface area contributed by atoms with Crippen molar-refractivity contribution in [2.75, 3.05) is 6.61 Å². The van der Waals surface area contributed by atoms with Gasteiger partial charge in [-0.05, 0) is 43.3 Å². The Balaban J connectivity index is 1.82. The van der Waals surface area contributed by atoms with Gasteiger partial charge in [-0.25, -0.2) is 14.8 Å². The van der Waals surface area contributed by atoms with Crippen molar-refractivity contribution in [1.29, 1.82) is 0 Å². The lowest BCUT2D eigenvalue weighted by molar-refractivity contribution is 0.0526. The van der Waals surface area contributed by atoms with E-state index in [4.69, 9.17) is 16.3 Å². The standard InChI is InChI=1S/C19H14ClN3O2/c1-2-25-19(24)13-6-8-16-15(10-13)21-11-23(16)17-9-7-12-4-3-5-14(20)18(12)22-17/h3-11H,2H2,1H3. The maximum absolute atomic E-state index is 11.9. The van der Waals surface area contributed by atoms with Gasteiger partial charge in [-0.1, -0.05) is 23.7 Å². The van der Waals surface area contributed by atoms with Crippen LogP contribution in [0.25, 0.3) is 27.8 Å². The van der Waals surface area contributed by atoms with E-state index in [1.54, 1.807) is 25.4 Å². The van der Waals surface area contributed by atoms with Crippen molar-refractivity contribution in [3.05, 3.63) is 65.4 Å². The van der Waals surface area contributed by atoms with Crippen LogP contribution in [0.5, 0.6) is 0 Å². The zero-order chi connectivity index (χ0) is 17.4. The molecule has 2 aromatic heterocycles. The molecule has 25 heavy (non-hydrogen) atoms. The molecule has 0 bridgehead atoms. The van der Waals surface area contributed by atoms with E-state index < -0.39 is 0 Å². The number of hydrogen-bond donors (Lipinski definition) is 0. The summed E-state index contributed by atoms with van der Waals surface area (Å²) in [5.41, 5.74) is 2.78. The van der Waals surface area contributed by atoms with Crippen molar-refractivity contribution in [2.24, 2.45) is 0 Å². The number of para-hydroxylation sites is 1. The molecule has 0 aliphatic rings. The Hall–Kier alpha value is -2.92. The number of ether oxygens (including phenoxy) is 1. The molecule has 5 nitrogen and oxygen atoms in total. The fourth-order valence-electron chi connectivity index (χ4n) is 2.77. The molecular weight excluding hydrogens is 338 g/mol. The zero-order valence-electron chi connectivity index (χ0n) is 13.4. The Bertz CT molecular complexity index is 1100. The van der Waals surface area contributed by atoms with Crippen molar-refractivity contribution in [2.45, 2.75) is 6.92 Å². The van der Waals surface area contributed by atoms with Crippen LogP contribution < -0.4 is 0 Å². The van der Waals surface area contributed by atoms with Crippen LogP contribution in [0.2, 0.25) is 5.02 Å². The highest BCUT2D eigenvalue weighted by atomic mass is 35.5. The predicted molar refractivity (Wildman–Crippen MR) is 97.3 cm³/mol. The second-order valence-electron chi connectivity index (χ2n) is 5.52. The maximum Gasteiger partial charge on any atom is 0.338 e. The number of carbonyl (C=O) groups is 1. The molecule has 124 valence electrons. The summed E-state index contributed by atoms with van der Waals surface area (Å²) in [5.74, 6) is 0.363.